The van der Waals surface area contributed by atoms with Crippen molar-refractivity contribution >= 4 is 12.1 Å². The van der Waals surface area contributed by atoms with Crippen LogP contribution in [0.25, 0.3) is 0 Å². The number of ether oxygens (including phenoxy) is 1. The third kappa shape index (κ3) is 2.68. The van der Waals surface area contributed by atoms with Crippen LogP contribution < -0.4 is 0 Å². The second-order valence-electron chi connectivity index (χ2n) is 3.51. The highest BCUT2D eigenvalue weighted by atomic mass is 16.6. The van der Waals surface area contributed by atoms with Gasteiger partial charge in [-0.25, -0.2) is 19.6 Å². The molecule has 1 aromatic heterocycles. The van der Waals surface area contributed by atoms with Crippen molar-refractivity contribution in [2.24, 2.45) is 0 Å². The van der Waals surface area contributed by atoms with Crippen LogP contribution in [0.5, 0.6) is 0 Å². The summed E-state index contributed by atoms with van der Waals surface area (Å²) in [6.07, 6.45) is 1.46. The highest BCUT2D eigenvalue weighted by Crippen LogP contribution is 2.04. The average Bonchev–Trinajstić information content (AvgIpc) is 2.72. The Morgan fingerprint density at radius 2 is 2.41 bits per heavy atom. The fourth-order valence-corrected chi connectivity index (χ4v) is 1.50. The van der Waals surface area contributed by atoms with Crippen molar-refractivity contribution < 1.29 is 19.4 Å². The van der Waals surface area contributed by atoms with Crippen LogP contribution in [-0.4, -0.2) is 51.7 Å². The number of hydrogen-bond donors (Lipinski definition) is 1. The number of carboxylic acids is 1. The summed E-state index contributed by atoms with van der Waals surface area (Å²) < 4.78 is 4.77. The van der Waals surface area contributed by atoms with Crippen molar-refractivity contribution in [3.05, 3.63) is 23.8 Å². The molecular formula is C10H11N3O4. The van der Waals surface area contributed by atoms with Gasteiger partial charge in [0.15, 0.2) is 5.69 Å². The van der Waals surface area contributed by atoms with E-state index < -0.39 is 5.97 Å². The zero-order valence-corrected chi connectivity index (χ0v) is 9.00. The van der Waals surface area contributed by atoms with Gasteiger partial charge >= 0.3 is 12.1 Å². The van der Waals surface area contributed by atoms with Gasteiger partial charge in [-0.15, -0.1) is 0 Å². The van der Waals surface area contributed by atoms with Gasteiger partial charge in [0.25, 0.3) is 0 Å². The molecule has 2 heterocycles. The molecule has 0 aromatic carbocycles. The van der Waals surface area contributed by atoms with Crippen molar-refractivity contribution in [3.63, 3.8) is 0 Å². The molecule has 90 valence electrons. The number of hydrogen-bond acceptors (Lipinski definition) is 5. The maximum Gasteiger partial charge on any atom is 0.409 e. The number of cyclic esters (lactones) is 1. The van der Waals surface area contributed by atoms with E-state index in [9.17, 15) is 9.59 Å². The van der Waals surface area contributed by atoms with E-state index in [2.05, 4.69) is 9.97 Å². The average molecular weight is 237 g/mol. The highest BCUT2D eigenvalue weighted by Gasteiger charge is 2.21. The molecule has 0 atom stereocenters. The quantitative estimate of drug-likeness (QED) is 0.802. The molecule has 7 heteroatoms. The standard InChI is InChI=1S/C10H11N3O4/c14-9(15)7-1-3-11-8(12-7)2-4-13-5-6-17-10(13)16/h1,3H,2,4-6H2,(H,14,15). The lowest BCUT2D eigenvalue weighted by molar-refractivity contribution is 0.0689. The van der Waals surface area contributed by atoms with Crippen LogP contribution in [0.3, 0.4) is 0 Å². The molecule has 2 rings (SSSR count). The molecule has 7 nitrogen and oxygen atoms in total. The van der Waals surface area contributed by atoms with Crippen LogP contribution in [0, 0.1) is 0 Å². The van der Waals surface area contributed by atoms with Gasteiger partial charge in [-0.2, -0.15) is 0 Å². The maximum absolute atomic E-state index is 11.1. The van der Waals surface area contributed by atoms with Crippen molar-refractivity contribution in [3.8, 4) is 0 Å². The zero-order valence-electron chi connectivity index (χ0n) is 9.00. The predicted octanol–water partition coefficient (Wildman–Crippen LogP) is 0.169. The summed E-state index contributed by atoms with van der Waals surface area (Å²) in [5.74, 6) is -0.682. The third-order valence-corrected chi connectivity index (χ3v) is 2.37. The van der Waals surface area contributed by atoms with Crippen LogP contribution in [-0.2, 0) is 11.2 Å². The van der Waals surface area contributed by atoms with E-state index in [1.807, 2.05) is 0 Å². The second-order valence-corrected chi connectivity index (χ2v) is 3.51. The molecule has 1 saturated heterocycles. The minimum Gasteiger partial charge on any atom is -0.477 e. The summed E-state index contributed by atoms with van der Waals surface area (Å²) in [5, 5.41) is 8.76. The lowest BCUT2D eigenvalue weighted by atomic mass is 10.3. The van der Waals surface area contributed by atoms with Crippen LogP contribution in [0.15, 0.2) is 12.3 Å². The zero-order chi connectivity index (χ0) is 12.3. The summed E-state index contributed by atoms with van der Waals surface area (Å²) in [6.45, 7) is 1.38. The van der Waals surface area contributed by atoms with Gasteiger partial charge in [-0.05, 0) is 6.07 Å². The normalized spacial score (nSPS) is 14.8. The first-order valence-electron chi connectivity index (χ1n) is 5.14. The number of carbonyl (C=O) groups is 2. The molecule has 1 aliphatic heterocycles. The van der Waals surface area contributed by atoms with Gasteiger partial charge in [-0.1, -0.05) is 0 Å². The summed E-state index contributed by atoms with van der Waals surface area (Å²) in [7, 11) is 0. The van der Waals surface area contributed by atoms with Crippen LogP contribution in [0.1, 0.15) is 16.3 Å². The van der Waals surface area contributed by atoms with E-state index >= 15 is 0 Å². The summed E-state index contributed by atoms with van der Waals surface area (Å²) in [5.41, 5.74) is -0.0426. The van der Waals surface area contributed by atoms with Crippen LogP contribution in [0.4, 0.5) is 4.79 Å². The molecule has 0 unspecified atom stereocenters. The number of rotatable bonds is 4. The molecule has 0 spiro atoms. The monoisotopic (exact) mass is 237 g/mol. The number of amides is 1. The smallest absolute Gasteiger partial charge is 0.409 e. The van der Waals surface area contributed by atoms with Crippen molar-refractivity contribution in [1.82, 2.24) is 14.9 Å². The molecule has 17 heavy (non-hydrogen) atoms. The minimum atomic E-state index is -1.09. The molecule has 1 amide bonds. The number of aromatic nitrogens is 2. The number of aromatic carboxylic acids is 1. The Labute approximate surface area is 97.0 Å². The van der Waals surface area contributed by atoms with Crippen molar-refractivity contribution in [2.45, 2.75) is 6.42 Å². The summed E-state index contributed by atoms with van der Waals surface area (Å²) >= 11 is 0. The summed E-state index contributed by atoms with van der Waals surface area (Å²) in [6, 6.07) is 1.33. The lowest BCUT2D eigenvalue weighted by Crippen LogP contribution is -2.27. The Bertz CT molecular complexity index is 449. The highest BCUT2D eigenvalue weighted by molar-refractivity contribution is 5.85. The first-order valence-corrected chi connectivity index (χ1v) is 5.14. The molecule has 0 aliphatic carbocycles. The van der Waals surface area contributed by atoms with E-state index in [-0.39, 0.29) is 11.8 Å². The molecule has 0 radical (unpaired) electrons. The molecule has 1 aliphatic rings. The van der Waals surface area contributed by atoms with E-state index in [4.69, 9.17) is 9.84 Å². The SMILES string of the molecule is O=C(O)c1ccnc(CCN2CCOC2=O)n1. The Morgan fingerprint density at radius 1 is 1.59 bits per heavy atom. The molecular weight excluding hydrogens is 226 g/mol. The maximum atomic E-state index is 11.1. The fourth-order valence-electron chi connectivity index (χ4n) is 1.50. The third-order valence-electron chi connectivity index (χ3n) is 2.37. The topological polar surface area (TPSA) is 92.6 Å². The second kappa shape index (κ2) is 4.77. The lowest BCUT2D eigenvalue weighted by Gasteiger charge is -2.11. The van der Waals surface area contributed by atoms with Crippen molar-refractivity contribution in [1.29, 1.82) is 0 Å². The van der Waals surface area contributed by atoms with Crippen LogP contribution in [0.2, 0.25) is 0 Å². The largest absolute Gasteiger partial charge is 0.477 e. The van der Waals surface area contributed by atoms with Crippen LogP contribution >= 0.6 is 0 Å². The molecule has 1 fully saturated rings. The number of carbonyl (C=O) groups excluding carboxylic acids is 1. The van der Waals surface area contributed by atoms with Gasteiger partial charge in [-0.3, -0.25) is 0 Å². The van der Waals surface area contributed by atoms with Gasteiger partial charge < -0.3 is 14.7 Å². The Hall–Kier alpha value is -2.18. The molecule has 0 bridgehead atoms. The molecule has 1 N–H and O–H groups in total. The fraction of sp³-hybridized carbons (Fsp3) is 0.400. The Kier molecular flexibility index (Phi) is 3.17. The predicted molar refractivity (Wildman–Crippen MR) is 55.6 cm³/mol. The Morgan fingerprint density at radius 3 is 3.06 bits per heavy atom. The van der Waals surface area contributed by atoms with Gasteiger partial charge in [0.1, 0.15) is 12.4 Å². The molecule has 0 saturated carbocycles. The van der Waals surface area contributed by atoms with E-state index in [0.29, 0.717) is 31.9 Å². The minimum absolute atomic E-state index is 0.0426. The van der Waals surface area contributed by atoms with E-state index in [1.54, 1.807) is 0 Å². The number of carboxylic acid groups (broad SMARTS) is 1. The van der Waals surface area contributed by atoms with Gasteiger partial charge in [0.05, 0.1) is 6.54 Å². The Balaban J connectivity index is 1.96. The van der Waals surface area contributed by atoms with E-state index in [0.717, 1.165) is 0 Å². The first-order chi connectivity index (χ1) is 8.16. The summed E-state index contributed by atoms with van der Waals surface area (Å²) in [4.78, 5) is 31.2. The molecule has 1 aromatic rings. The first kappa shape index (κ1) is 11.3. The van der Waals surface area contributed by atoms with Gasteiger partial charge in [0, 0.05) is 19.2 Å². The van der Waals surface area contributed by atoms with Crippen molar-refractivity contribution in [2.75, 3.05) is 19.7 Å². The van der Waals surface area contributed by atoms with Gasteiger partial charge in [0.2, 0.25) is 0 Å². The number of nitrogens with zero attached hydrogens (tertiary/aromatic N) is 3. The van der Waals surface area contributed by atoms with E-state index in [1.165, 1.54) is 17.2 Å².